The summed E-state index contributed by atoms with van der Waals surface area (Å²) in [5.74, 6) is -0.502. The number of aromatic amines is 1. The van der Waals surface area contributed by atoms with Crippen LogP contribution in [0.1, 0.15) is 23.0 Å². The van der Waals surface area contributed by atoms with Crippen molar-refractivity contribution in [2.45, 2.75) is 13.8 Å². The normalized spacial score (nSPS) is 10.9. The van der Waals surface area contributed by atoms with Crippen LogP contribution in [-0.2, 0) is 4.74 Å². The first-order valence-electron chi connectivity index (χ1n) is 7.06. The average Bonchev–Trinajstić information content (AvgIpc) is 2.83. The number of hydrogen-bond acceptors (Lipinski definition) is 4. The van der Waals surface area contributed by atoms with Crippen molar-refractivity contribution in [3.8, 4) is 5.69 Å². The van der Waals surface area contributed by atoms with Crippen molar-refractivity contribution in [3.63, 3.8) is 0 Å². The third-order valence-corrected chi connectivity index (χ3v) is 3.80. The van der Waals surface area contributed by atoms with Gasteiger partial charge in [-0.05, 0) is 43.7 Å². The molecular formula is C16H14ClN3O3. The van der Waals surface area contributed by atoms with Crippen LogP contribution < -0.4 is 5.56 Å². The summed E-state index contributed by atoms with van der Waals surface area (Å²) in [6, 6.07) is 6.93. The Balaban J connectivity index is 2.40. The van der Waals surface area contributed by atoms with Crippen molar-refractivity contribution in [2.24, 2.45) is 0 Å². The highest BCUT2D eigenvalue weighted by molar-refractivity contribution is 6.30. The highest BCUT2D eigenvalue weighted by Gasteiger charge is 2.24. The fourth-order valence-electron chi connectivity index (χ4n) is 2.58. The minimum atomic E-state index is -0.502. The summed E-state index contributed by atoms with van der Waals surface area (Å²) < 4.78 is 6.76. The standard InChI is InChI=1S/C16H14ClN3O3/c1-3-23-16(22)13-9(2)12-14(18-8-19-15(12)21)20(13)11-6-4-10(17)5-7-11/h4-8H,3H2,1-2H3,(H,18,19,21). The molecule has 2 heterocycles. The Hall–Kier alpha value is -2.60. The van der Waals surface area contributed by atoms with Gasteiger partial charge in [-0.1, -0.05) is 11.6 Å². The summed E-state index contributed by atoms with van der Waals surface area (Å²) >= 11 is 5.93. The fourth-order valence-corrected chi connectivity index (χ4v) is 2.70. The lowest BCUT2D eigenvalue weighted by molar-refractivity contribution is 0.0516. The molecule has 7 heteroatoms. The molecule has 0 unspecified atom stereocenters. The minimum Gasteiger partial charge on any atom is -0.461 e. The van der Waals surface area contributed by atoms with E-state index < -0.39 is 5.97 Å². The van der Waals surface area contributed by atoms with Crippen LogP contribution in [0.5, 0.6) is 0 Å². The number of nitrogens with zero attached hydrogens (tertiary/aromatic N) is 2. The number of fused-ring (bicyclic) bond motifs is 1. The molecule has 0 aliphatic carbocycles. The molecule has 1 aromatic carbocycles. The second kappa shape index (κ2) is 5.89. The van der Waals surface area contributed by atoms with E-state index in [0.29, 0.717) is 27.3 Å². The predicted octanol–water partition coefficient (Wildman–Crippen LogP) is 2.85. The van der Waals surface area contributed by atoms with Crippen molar-refractivity contribution in [2.75, 3.05) is 6.61 Å². The molecule has 0 amide bonds. The van der Waals surface area contributed by atoms with Gasteiger partial charge in [0.15, 0.2) is 5.65 Å². The van der Waals surface area contributed by atoms with Crippen LogP contribution in [0, 0.1) is 6.92 Å². The number of aryl methyl sites for hydroxylation is 1. The van der Waals surface area contributed by atoms with E-state index in [2.05, 4.69) is 9.97 Å². The first-order chi connectivity index (χ1) is 11.0. The second-order valence-electron chi connectivity index (χ2n) is 4.94. The molecule has 0 radical (unpaired) electrons. The molecule has 6 nitrogen and oxygen atoms in total. The molecule has 0 aliphatic heterocycles. The SMILES string of the molecule is CCOC(=O)c1c(C)c2c(=O)[nH]cnc2n1-c1ccc(Cl)cc1. The third kappa shape index (κ3) is 2.51. The summed E-state index contributed by atoms with van der Waals surface area (Å²) in [5.41, 5.74) is 1.59. The van der Waals surface area contributed by atoms with Crippen LogP contribution in [0.4, 0.5) is 0 Å². The largest absolute Gasteiger partial charge is 0.461 e. The minimum absolute atomic E-state index is 0.240. The van der Waals surface area contributed by atoms with Gasteiger partial charge in [-0.15, -0.1) is 0 Å². The van der Waals surface area contributed by atoms with Crippen LogP contribution in [0.15, 0.2) is 35.4 Å². The van der Waals surface area contributed by atoms with Gasteiger partial charge in [0.05, 0.1) is 18.3 Å². The fraction of sp³-hybridized carbons (Fsp3) is 0.188. The first-order valence-corrected chi connectivity index (χ1v) is 7.44. The van der Waals surface area contributed by atoms with Crippen molar-refractivity contribution in [1.82, 2.24) is 14.5 Å². The van der Waals surface area contributed by atoms with E-state index in [-0.39, 0.29) is 17.9 Å². The number of hydrogen-bond donors (Lipinski definition) is 1. The van der Waals surface area contributed by atoms with Crippen LogP contribution in [0.2, 0.25) is 5.02 Å². The van der Waals surface area contributed by atoms with Gasteiger partial charge in [-0.2, -0.15) is 0 Å². The number of halogens is 1. The Morgan fingerprint density at radius 3 is 2.70 bits per heavy atom. The van der Waals surface area contributed by atoms with Crippen LogP contribution >= 0.6 is 11.6 Å². The van der Waals surface area contributed by atoms with Crippen LogP contribution in [-0.4, -0.2) is 27.1 Å². The number of nitrogens with one attached hydrogen (secondary N) is 1. The summed E-state index contributed by atoms with van der Waals surface area (Å²) in [6.07, 6.45) is 1.31. The summed E-state index contributed by atoms with van der Waals surface area (Å²) in [5, 5.41) is 0.941. The van der Waals surface area contributed by atoms with Crippen molar-refractivity contribution in [3.05, 3.63) is 57.2 Å². The average molecular weight is 332 g/mol. The van der Waals surface area contributed by atoms with Gasteiger partial charge in [0, 0.05) is 10.7 Å². The van der Waals surface area contributed by atoms with Gasteiger partial charge < -0.3 is 9.72 Å². The Morgan fingerprint density at radius 1 is 1.35 bits per heavy atom. The molecule has 0 saturated carbocycles. The Bertz CT molecular complexity index is 942. The monoisotopic (exact) mass is 331 g/mol. The molecule has 3 rings (SSSR count). The zero-order valence-corrected chi connectivity index (χ0v) is 13.3. The molecule has 2 aromatic heterocycles. The molecule has 0 aliphatic rings. The van der Waals surface area contributed by atoms with E-state index >= 15 is 0 Å². The number of aromatic nitrogens is 3. The smallest absolute Gasteiger partial charge is 0.355 e. The summed E-state index contributed by atoms with van der Waals surface area (Å²) in [6.45, 7) is 3.68. The number of esters is 1. The molecule has 0 spiro atoms. The number of rotatable bonds is 3. The van der Waals surface area contributed by atoms with E-state index in [1.165, 1.54) is 6.33 Å². The molecule has 118 valence electrons. The van der Waals surface area contributed by atoms with E-state index in [0.717, 1.165) is 0 Å². The summed E-state index contributed by atoms with van der Waals surface area (Å²) in [7, 11) is 0. The van der Waals surface area contributed by atoms with Crippen LogP contribution in [0.3, 0.4) is 0 Å². The van der Waals surface area contributed by atoms with Crippen molar-refractivity contribution < 1.29 is 9.53 Å². The maximum Gasteiger partial charge on any atom is 0.355 e. The number of carbonyl (C=O) groups excluding carboxylic acids is 1. The molecule has 0 atom stereocenters. The van der Waals surface area contributed by atoms with E-state index in [9.17, 15) is 9.59 Å². The Kier molecular flexibility index (Phi) is 3.92. The Morgan fingerprint density at radius 2 is 2.04 bits per heavy atom. The van der Waals surface area contributed by atoms with Gasteiger partial charge in [0.25, 0.3) is 5.56 Å². The molecule has 1 N–H and O–H groups in total. The first kappa shape index (κ1) is 15.3. The maximum absolute atomic E-state index is 12.4. The van der Waals surface area contributed by atoms with Gasteiger partial charge in [-0.3, -0.25) is 9.36 Å². The van der Waals surface area contributed by atoms with Gasteiger partial charge in [0.2, 0.25) is 0 Å². The van der Waals surface area contributed by atoms with E-state index in [1.54, 1.807) is 42.7 Å². The topological polar surface area (TPSA) is 77.0 Å². The molecule has 3 aromatic rings. The molecule has 0 fully saturated rings. The number of benzene rings is 1. The van der Waals surface area contributed by atoms with Crippen molar-refractivity contribution in [1.29, 1.82) is 0 Å². The zero-order chi connectivity index (χ0) is 16.6. The third-order valence-electron chi connectivity index (χ3n) is 3.55. The molecule has 0 saturated heterocycles. The van der Waals surface area contributed by atoms with Crippen LogP contribution in [0.25, 0.3) is 16.7 Å². The number of H-pyrrole nitrogens is 1. The highest BCUT2D eigenvalue weighted by atomic mass is 35.5. The van der Waals surface area contributed by atoms with E-state index in [1.807, 2.05) is 0 Å². The predicted molar refractivity (Wildman–Crippen MR) is 87.4 cm³/mol. The summed E-state index contributed by atoms with van der Waals surface area (Å²) in [4.78, 5) is 31.3. The lowest BCUT2D eigenvalue weighted by Gasteiger charge is -2.10. The highest BCUT2D eigenvalue weighted by Crippen LogP contribution is 2.26. The molecular weight excluding hydrogens is 318 g/mol. The van der Waals surface area contributed by atoms with Gasteiger partial charge >= 0.3 is 5.97 Å². The number of carbonyl (C=O) groups is 1. The Labute approximate surface area is 136 Å². The molecule has 0 bridgehead atoms. The van der Waals surface area contributed by atoms with E-state index in [4.69, 9.17) is 16.3 Å². The van der Waals surface area contributed by atoms with Gasteiger partial charge in [0.1, 0.15) is 5.69 Å². The zero-order valence-electron chi connectivity index (χ0n) is 12.6. The van der Waals surface area contributed by atoms with Crippen molar-refractivity contribution >= 4 is 28.6 Å². The van der Waals surface area contributed by atoms with Gasteiger partial charge in [-0.25, -0.2) is 9.78 Å². The molecule has 23 heavy (non-hydrogen) atoms. The second-order valence-corrected chi connectivity index (χ2v) is 5.37. The number of ether oxygens (including phenoxy) is 1. The lowest BCUT2D eigenvalue weighted by atomic mass is 10.2. The quantitative estimate of drug-likeness (QED) is 0.749. The maximum atomic E-state index is 12.4. The lowest BCUT2D eigenvalue weighted by Crippen LogP contribution is -2.12.